The number of aliphatic carboxylic acids is 1. The first kappa shape index (κ1) is 18.8. The van der Waals surface area contributed by atoms with Gasteiger partial charge in [-0.25, -0.2) is 4.79 Å². The van der Waals surface area contributed by atoms with Crippen LogP contribution in [0.3, 0.4) is 0 Å². The average molecular weight is 373 g/mol. The van der Waals surface area contributed by atoms with Gasteiger partial charge in [-0.3, -0.25) is 0 Å². The highest BCUT2D eigenvalue weighted by molar-refractivity contribution is 5.77. The number of rotatable bonds is 6. The molecule has 1 unspecified atom stereocenters. The Morgan fingerprint density at radius 3 is 2.59 bits per heavy atom. The Labute approximate surface area is 157 Å². The Bertz CT molecular complexity index is 808. The molecule has 3 rings (SSSR count). The summed E-state index contributed by atoms with van der Waals surface area (Å²) in [5.74, 6) is -0.0424. The van der Waals surface area contributed by atoms with Crippen molar-refractivity contribution in [2.24, 2.45) is 5.92 Å². The van der Waals surface area contributed by atoms with Gasteiger partial charge in [-0.1, -0.05) is 26.0 Å². The number of carbonyl (C=O) groups is 1. The molecule has 9 heteroatoms. The summed E-state index contributed by atoms with van der Waals surface area (Å²) in [7, 11) is 0. The average Bonchev–Trinajstić information content (AvgIpc) is 2.66. The van der Waals surface area contributed by atoms with Gasteiger partial charge >= 0.3 is 5.97 Å². The van der Waals surface area contributed by atoms with Crippen LogP contribution in [-0.4, -0.2) is 63.5 Å². The number of nitrogens with zero attached hydrogens (tertiary/aromatic N) is 4. The van der Waals surface area contributed by atoms with Crippen LogP contribution in [0.1, 0.15) is 13.8 Å². The summed E-state index contributed by atoms with van der Waals surface area (Å²) in [5, 5.41) is 22.1. The number of phenols is 1. The number of nitrogens with one attached hydrogen (secondary N) is 1. The molecule has 27 heavy (non-hydrogen) atoms. The van der Waals surface area contributed by atoms with Gasteiger partial charge in [0.2, 0.25) is 11.9 Å². The molecule has 1 aromatic carbocycles. The highest BCUT2D eigenvalue weighted by Crippen LogP contribution is 2.24. The van der Waals surface area contributed by atoms with Gasteiger partial charge in [0, 0.05) is 18.7 Å². The normalized spacial score (nSPS) is 15.6. The molecule has 1 fully saturated rings. The van der Waals surface area contributed by atoms with Gasteiger partial charge < -0.3 is 25.2 Å². The first-order valence-corrected chi connectivity index (χ1v) is 8.81. The molecule has 9 nitrogen and oxygen atoms in total. The van der Waals surface area contributed by atoms with Crippen molar-refractivity contribution in [3.63, 3.8) is 0 Å². The summed E-state index contributed by atoms with van der Waals surface area (Å²) in [5.41, 5.74) is 0.617. The Morgan fingerprint density at radius 1 is 1.22 bits per heavy atom. The Hall–Kier alpha value is -2.94. The summed E-state index contributed by atoms with van der Waals surface area (Å²) < 4.78 is 5.37. The molecule has 1 aromatic heterocycles. The van der Waals surface area contributed by atoms with Crippen LogP contribution in [-0.2, 0) is 9.53 Å². The topological polar surface area (TPSA) is 121 Å². The highest BCUT2D eigenvalue weighted by atomic mass is 16.5. The van der Waals surface area contributed by atoms with E-state index in [0.717, 1.165) is 0 Å². The van der Waals surface area contributed by atoms with Crippen LogP contribution in [0.25, 0.3) is 11.4 Å². The van der Waals surface area contributed by atoms with Crippen molar-refractivity contribution in [3.05, 3.63) is 24.3 Å². The minimum Gasteiger partial charge on any atom is -0.508 e. The van der Waals surface area contributed by atoms with Gasteiger partial charge in [0.05, 0.1) is 13.2 Å². The molecule has 1 aliphatic rings. The van der Waals surface area contributed by atoms with Crippen LogP contribution < -0.4 is 10.2 Å². The fourth-order valence-electron chi connectivity index (χ4n) is 2.76. The lowest BCUT2D eigenvalue weighted by Crippen LogP contribution is -2.38. The number of hydrogen-bond acceptors (Lipinski definition) is 8. The molecule has 3 N–H and O–H groups in total. The maximum atomic E-state index is 11.5. The molecular formula is C18H23N5O4. The standard InChI is InChI=1S/C18H23N5O4/c1-11(2)14(16(25)26)19-17-20-15(12-4-3-5-13(24)10-12)21-18(22-17)23-6-8-27-9-7-23/h3-5,10-11,14,24H,6-9H2,1-2H3,(H,25,26)(H,19,20,21,22). The predicted molar refractivity (Wildman–Crippen MR) is 99.8 cm³/mol. The van der Waals surface area contributed by atoms with Crippen molar-refractivity contribution in [1.29, 1.82) is 0 Å². The summed E-state index contributed by atoms with van der Waals surface area (Å²) >= 11 is 0. The quantitative estimate of drug-likeness (QED) is 0.693. The molecule has 0 radical (unpaired) electrons. The summed E-state index contributed by atoms with van der Waals surface area (Å²) in [6, 6.07) is 5.76. The van der Waals surface area contributed by atoms with Gasteiger partial charge in [-0.15, -0.1) is 0 Å². The van der Waals surface area contributed by atoms with Gasteiger partial charge in [0.25, 0.3) is 0 Å². The van der Waals surface area contributed by atoms with Crippen molar-refractivity contribution < 1.29 is 19.7 Å². The molecule has 0 bridgehead atoms. The van der Waals surface area contributed by atoms with E-state index in [4.69, 9.17) is 4.74 Å². The maximum absolute atomic E-state index is 11.5. The van der Waals surface area contributed by atoms with E-state index in [0.29, 0.717) is 43.6 Å². The molecule has 0 amide bonds. The highest BCUT2D eigenvalue weighted by Gasteiger charge is 2.24. The van der Waals surface area contributed by atoms with Crippen LogP contribution in [0.2, 0.25) is 0 Å². The third kappa shape index (κ3) is 4.62. The zero-order valence-electron chi connectivity index (χ0n) is 15.3. The minimum absolute atomic E-state index is 0.0981. The number of aromatic hydroxyl groups is 1. The first-order valence-electron chi connectivity index (χ1n) is 8.81. The number of anilines is 2. The van der Waals surface area contributed by atoms with E-state index in [1.807, 2.05) is 18.7 Å². The van der Waals surface area contributed by atoms with Crippen molar-refractivity contribution in [2.45, 2.75) is 19.9 Å². The number of aromatic nitrogens is 3. The number of phenolic OH excluding ortho intramolecular Hbond substituents is 1. The smallest absolute Gasteiger partial charge is 0.326 e. The van der Waals surface area contributed by atoms with Gasteiger partial charge in [0.1, 0.15) is 11.8 Å². The summed E-state index contributed by atoms with van der Waals surface area (Å²) in [6.07, 6.45) is 0. The number of hydrogen-bond donors (Lipinski definition) is 3. The number of carboxylic acids is 1. The zero-order valence-corrected chi connectivity index (χ0v) is 15.3. The van der Waals surface area contributed by atoms with Crippen LogP contribution in [0, 0.1) is 5.92 Å². The van der Waals surface area contributed by atoms with Crippen LogP contribution in [0.4, 0.5) is 11.9 Å². The first-order chi connectivity index (χ1) is 12.9. The maximum Gasteiger partial charge on any atom is 0.326 e. The second kappa shape index (κ2) is 8.17. The monoisotopic (exact) mass is 373 g/mol. The Balaban J connectivity index is 2.01. The molecule has 0 saturated carbocycles. The Morgan fingerprint density at radius 2 is 1.96 bits per heavy atom. The lowest BCUT2D eigenvalue weighted by atomic mass is 10.1. The third-order valence-corrected chi connectivity index (χ3v) is 4.24. The SMILES string of the molecule is CC(C)C(Nc1nc(-c2cccc(O)c2)nc(N2CCOCC2)n1)C(=O)O. The van der Waals surface area contributed by atoms with E-state index >= 15 is 0 Å². The van der Waals surface area contributed by atoms with E-state index in [-0.39, 0.29) is 17.6 Å². The van der Waals surface area contributed by atoms with Gasteiger partial charge in [0.15, 0.2) is 5.82 Å². The lowest BCUT2D eigenvalue weighted by molar-refractivity contribution is -0.138. The summed E-state index contributed by atoms with van der Waals surface area (Å²) in [4.78, 5) is 26.8. The fraction of sp³-hybridized carbons (Fsp3) is 0.444. The van der Waals surface area contributed by atoms with E-state index in [2.05, 4.69) is 20.3 Å². The van der Waals surface area contributed by atoms with E-state index < -0.39 is 12.0 Å². The van der Waals surface area contributed by atoms with Crippen LogP contribution in [0.15, 0.2) is 24.3 Å². The van der Waals surface area contributed by atoms with Crippen molar-refractivity contribution >= 4 is 17.9 Å². The number of carboxylic acid groups (broad SMARTS) is 1. The van der Waals surface area contributed by atoms with Crippen molar-refractivity contribution in [1.82, 2.24) is 15.0 Å². The molecule has 144 valence electrons. The molecule has 1 atom stereocenters. The fourth-order valence-corrected chi connectivity index (χ4v) is 2.76. The van der Waals surface area contributed by atoms with Crippen molar-refractivity contribution in [3.8, 4) is 17.1 Å². The Kier molecular flexibility index (Phi) is 5.70. The van der Waals surface area contributed by atoms with Crippen LogP contribution in [0.5, 0.6) is 5.75 Å². The molecule has 2 aromatic rings. The second-order valence-electron chi connectivity index (χ2n) is 6.64. The van der Waals surface area contributed by atoms with E-state index in [9.17, 15) is 15.0 Å². The predicted octanol–water partition coefficient (Wildman–Crippen LogP) is 1.60. The molecule has 0 aliphatic carbocycles. The van der Waals surface area contributed by atoms with Gasteiger partial charge in [-0.05, 0) is 18.1 Å². The zero-order chi connectivity index (χ0) is 19.4. The van der Waals surface area contributed by atoms with Crippen LogP contribution >= 0.6 is 0 Å². The largest absolute Gasteiger partial charge is 0.508 e. The van der Waals surface area contributed by atoms with Gasteiger partial charge in [-0.2, -0.15) is 15.0 Å². The summed E-state index contributed by atoms with van der Waals surface area (Å²) in [6.45, 7) is 6.03. The van der Waals surface area contributed by atoms with E-state index in [1.165, 1.54) is 0 Å². The van der Waals surface area contributed by atoms with Crippen molar-refractivity contribution in [2.75, 3.05) is 36.5 Å². The number of ether oxygens (including phenoxy) is 1. The lowest BCUT2D eigenvalue weighted by Gasteiger charge is -2.27. The minimum atomic E-state index is -0.975. The number of benzene rings is 1. The molecule has 1 saturated heterocycles. The molecule has 0 spiro atoms. The third-order valence-electron chi connectivity index (χ3n) is 4.24. The second-order valence-corrected chi connectivity index (χ2v) is 6.64. The molecule has 2 heterocycles. The molecule has 1 aliphatic heterocycles. The number of morpholine rings is 1. The van der Waals surface area contributed by atoms with E-state index in [1.54, 1.807) is 24.3 Å². The molecular weight excluding hydrogens is 350 g/mol.